The number of nitrogens with zero attached hydrogens (tertiary/aromatic N) is 3. The number of carbonyl (C=O) groups excluding carboxylic acids is 2. The Morgan fingerprint density at radius 1 is 1.25 bits per heavy atom. The highest BCUT2D eigenvalue weighted by molar-refractivity contribution is 6.07. The zero-order chi connectivity index (χ0) is 16.9. The van der Waals surface area contributed by atoms with Crippen molar-refractivity contribution in [2.24, 2.45) is 5.92 Å². The SMILES string of the molecule is Cc1ccc(-c2nnc(CN3C(=O)NC(C)(C4CC4)C3=O)o2)cc1. The van der Waals surface area contributed by atoms with Crippen LogP contribution in [-0.4, -0.2) is 32.6 Å². The molecule has 7 heteroatoms. The molecule has 1 aliphatic heterocycles. The fraction of sp³-hybridized carbons (Fsp3) is 0.412. The summed E-state index contributed by atoms with van der Waals surface area (Å²) in [5.41, 5.74) is 1.15. The molecular weight excluding hydrogens is 308 g/mol. The second-order valence-electron chi connectivity index (χ2n) is 6.67. The van der Waals surface area contributed by atoms with Crippen molar-refractivity contribution in [2.45, 2.75) is 38.8 Å². The summed E-state index contributed by atoms with van der Waals surface area (Å²) in [5.74, 6) is 0.631. The first kappa shape index (κ1) is 14.9. The Bertz CT molecular complexity index is 809. The molecule has 2 aromatic rings. The Kier molecular flexibility index (Phi) is 3.19. The summed E-state index contributed by atoms with van der Waals surface area (Å²) in [4.78, 5) is 25.9. The summed E-state index contributed by atoms with van der Waals surface area (Å²) in [6.45, 7) is 3.78. The summed E-state index contributed by atoms with van der Waals surface area (Å²) in [5, 5.41) is 10.8. The molecule has 1 saturated carbocycles. The average Bonchev–Trinajstić information content (AvgIpc) is 3.28. The van der Waals surface area contributed by atoms with E-state index in [1.54, 1.807) is 6.92 Å². The number of aromatic nitrogens is 2. The molecule has 1 aliphatic carbocycles. The number of hydrogen-bond donors (Lipinski definition) is 1. The van der Waals surface area contributed by atoms with Crippen LogP contribution in [0.15, 0.2) is 28.7 Å². The normalized spacial score (nSPS) is 23.7. The number of hydrogen-bond acceptors (Lipinski definition) is 5. The molecule has 2 heterocycles. The van der Waals surface area contributed by atoms with E-state index in [0.717, 1.165) is 28.9 Å². The van der Waals surface area contributed by atoms with Crippen LogP contribution in [0.4, 0.5) is 4.79 Å². The largest absolute Gasteiger partial charge is 0.419 e. The van der Waals surface area contributed by atoms with Gasteiger partial charge in [-0.25, -0.2) is 4.79 Å². The van der Waals surface area contributed by atoms with Crippen molar-refractivity contribution in [3.8, 4) is 11.5 Å². The van der Waals surface area contributed by atoms with Crippen molar-refractivity contribution in [2.75, 3.05) is 0 Å². The molecule has 0 bridgehead atoms. The van der Waals surface area contributed by atoms with Gasteiger partial charge in [-0.15, -0.1) is 10.2 Å². The standard InChI is InChI=1S/C17H18N4O3/c1-10-3-5-11(6-4-10)14-20-19-13(24-14)9-21-15(22)17(2,12-7-8-12)18-16(21)23/h3-6,12H,7-9H2,1-2H3,(H,18,23). The van der Waals surface area contributed by atoms with E-state index in [1.165, 1.54) is 0 Å². The molecule has 1 N–H and O–H groups in total. The third-order valence-corrected chi connectivity index (χ3v) is 4.75. The number of carbonyl (C=O) groups is 2. The molecular formula is C17H18N4O3. The van der Waals surface area contributed by atoms with Crippen LogP contribution in [0.5, 0.6) is 0 Å². The van der Waals surface area contributed by atoms with Gasteiger partial charge in [0.15, 0.2) is 0 Å². The summed E-state index contributed by atoms with van der Waals surface area (Å²) in [6, 6.07) is 7.30. The molecule has 7 nitrogen and oxygen atoms in total. The van der Waals surface area contributed by atoms with E-state index in [4.69, 9.17) is 4.42 Å². The van der Waals surface area contributed by atoms with Gasteiger partial charge in [-0.2, -0.15) is 0 Å². The lowest BCUT2D eigenvalue weighted by molar-refractivity contribution is -0.132. The molecule has 1 atom stereocenters. The predicted octanol–water partition coefficient (Wildman–Crippen LogP) is 2.27. The Balaban J connectivity index is 1.53. The van der Waals surface area contributed by atoms with Gasteiger partial charge in [0.2, 0.25) is 11.8 Å². The zero-order valence-electron chi connectivity index (χ0n) is 13.6. The second kappa shape index (κ2) is 5.15. The second-order valence-corrected chi connectivity index (χ2v) is 6.67. The van der Waals surface area contributed by atoms with Gasteiger partial charge in [0.25, 0.3) is 5.91 Å². The summed E-state index contributed by atoms with van der Waals surface area (Å²) < 4.78 is 5.62. The molecule has 4 rings (SSSR count). The maximum atomic E-state index is 12.6. The smallest absolute Gasteiger partial charge is 0.325 e. The van der Waals surface area contributed by atoms with Gasteiger partial charge in [-0.3, -0.25) is 9.69 Å². The third-order valence-electron chi connectivity index (χ3n) is 4.75. The van der Waals surface area contributed by atoms with Crippen molar-refractivity contribution >= 4 is 11.9 Å². The van der Waals surface area contributed by atoms with Gasteiger partial charge >= 0.3 is 6.03 Å². The first-order chi connectivity index (χ1) is 11.5. The molecule has 124 valence electrons. The van der Waals surface area contributed by atoms with Crippen molar-refractivity contribution in [3.63, 3.8) is 0 Å². The van der Waals surface area contributed by atoms with Crippen molar-refractivity contribution in [1.29, 1.82) is 0 Å². The van der Waals surface area contributed by atoms with Crippen LogP contribution in [0.1, 0.15) is 31.2 Å². The lowest BCUT2D eigenvalue weighted by Crippen LogP contribution is -2.46. The van der Waals surface area contributed by atoms with Gasteiger partial charge < -0.3 is 9.73 Å². The Morgan fingerprint density at radius 2 is 1.96 bits per heavy atom. The van der Waals surface area contributed by atoms with E-state index in [-0.39, 0.29) is 24.3 Å². The number of nitrogens with one attached hydrogen (secondary N) is 1. The Hall–Kier alpha value is -2.70. The van der Waals surface area contributed by atoms with Gasteiger partial charge in [0.05, 0.1) is 0 Å². The van der Waals surface area contributed by atoms with Crippen LogP contribution in [-0.2, 0) is 11.3 Å². The predicted molar refractivity (Wildman–Crippen MR) is 84.7 cm³/mol. The molecule has 3 amide bonds. The van der Waals surface area contributed by atoms with Crippen LogP contribution in [0.25, 0.3) is 11.5 Å². The van der Waals surface area contributed by atoms with Crippen LogP contribution in [0.3, 0.4) is 0 Å². The zero-order valence-corrected chi connectivity index (χ0v) is 13.6. The third kappa shape index (κ3) is 2.36. The Morgan fingerprint density at radius 3 is 2.62 bits per heavy atom. The van der Waals surface area contributed by atoms with Crippen LogP contribution >= 0.6 is 0 Å². The Labute approximate surface area is 139 Å². The fourth-order valence-corrected chi connectivity index (χ4v) is 3.06. The van der Waals surface area contributed by atoms with Crippen LogP contribution < -0.4 is 5.32 Å². The van der Waals surface area contributed by atoms with Crippen LogP contribution in [0, 0.1) is 12.8 Å². The highest BCUT2D eigenvalue weighted by atomic mass is 16.4. The number of amides is 3. The fourth-order valence-electron chi connectivity index (χ4n) is 3.06. The van der Waals surface area contributed by atoms with E-state index in [2.05, 4.69) is 15.5 Å². The van der Waals surface area contributed by atoms with Gasteiger partial charge in [-0.05, 0) is 44.7 Å². The highest BCUT2D eigenvalue weighted by Gasteiger charge is 2.56. The summed E-state index contributed by atoms with van der Waals surface area (Å²) >= 11 is 0. The number of imide groups is 1. The number of urea groups is 1. The van der Waals surface area contributed by atoms with E-state index in [1.807, 2.05) is 31.2 Å². The van der Waals surface area contributed by atoms with Crippen LogP contribution in [0.2, 0.25) is 0 Å². The maximum Gasteiger partial charge on any atom is 0.325 e. The van der Waals surface area contributed by atoms with Gasteiger partial charge in [0, 0.05) is 5.56 Å². The number of benzene rings is 1. The molecule has 0 spiro atoms. The van der Waals surface area contributed by atoms with E-state index in [9.17, 15) is 9.59 Å². The molecule has 0 radical (unpaired) electrons. The summed E-state index contributed by atoms with van der Waals surface area (Å²) in [7, 11) is 0. The minimum Gasteiger partial charge on any atom is -0.419 e. The van der Waals surface area contributed by atoms with E-state index >= 15 is 0 Å². The highest BCUT2D eigenvalue weighted by Crippen LogP contribution is 2.42. The first-order valence-electron chi connectivity index (χ1n) is 8.01. The molecule has 2 fully saturated rings. The molecule has 2 aliphatic rings. The molecule has 1 saturated heterocycles. The number of rotatable bonds is 4. The molecule has 1 aromatic carbocycles. The summed E-state index contributed by atoms with van der Waals surface area (Å²) in [6.07, 6.45) is 1.93. The van der Waals surface area contributed by atoms with Crippen molar-refractivity contribution in [3.05, 3.63) is 35.7 Å². The first-order valence-corrected chi connectivity index (χ1v) is 8.01. The van der Waals surface area contributed by atoms with E-state index < -0.39 is 11.6 Å². The van der Waals surface area contributed by atoms with Gasteiger partial charge in [-0.1, -0.05) is 17.7 Å². The maximum absolute atomic E-state index is 12.6. The lowest BCUT2D eigenvalue weighted by atomic mass is 9.96. The van der Waals surface area contributed by atoms with Crippen molar-refractivity contribution < 1.29 is 14.0 Å². The quantitative estimate of drug-likeness (QED) is 0.871. The molecule has 24 heavy (non-hydrogen) atoms. The number of aryl methyl sites for hydroxylation is 1. The lowest BCUT2D eigenvalue weighted by Gasteiger charge is -2.20. The van der Waals surface area contributed by atoms with Crippen molar-refractivity contribution in [1.82, 2.24) is 20.4 Å². The van der Waals surface area contributed by atoms with Gasteiger partial charge in [0.1, 0.15) is 12.1 Å². The minimum atomic E-state index is -0.795. The molecule has 1 unspecified atom stereocenters. The molecule has 1 aromatic heterocycles. The average molecular weight is 326 g/mol. The monoisotopic (exact) mass is 326 g/mol. The minimum absolute atomic E-state index is 0.00810. The van der Waals surface area contributed by atoms with E-state index in [0.29, 0.717) is 5.89 Å². The topological polar surface area (TPSA) is 88.3 Å².